The molecular weight excluding hydrogens is 416 g/mol. The van der Waals surface area contributed by atoms with Gasteiger partial charge in [0.15, 0.2) is 5.11 Å². The topological polar surface area (TPSA) is 85.9 Å². The molecule has 0 spiro atoms. The van der Waals surface area contributed by atoms with Crippen LogP contribution in [0.25, 0.3) is 0 Å². The summed E-state index contributed by atoms with van der Waals surface area (Å²) < 4.78 is 15.9. The van der Waals surface area contributed by atoms with Gasteiger partial charge in [-0.1, -0.05) is 6.07 Å². The zero-order chi connectivity index (χ0) is 23.1. The summed E-state index contributed by atoms with van der Waals surface area (Å²) in [6.45, 7) is 8.96. The molecule has 0 aliphatic carbocycles. The van der Waals surface area contributed by atoms with E-state index in [4.69, 9.17) is 26.4 Å². The molecule has 0 saturated carbocycles. The average Bonchev–Trinajstić information content (AvgIpc) is 2.66. The van der Waals surface area contributed by atoms with Gasteiger partial charge in [0.25, 0.3) is 0 Å². The molecule has 0 aliphatic heterocycles. The molecule has 0 atom stereocenters. The van der Waals surface area contributed by atoms with Crippen LogP contribution in [0.1, 0.15) is 54.0 Å². The number of hydrogen-bond acceptors (Lipinski definition) is 6. The minimum absolute atomic E-state index is 0.213. The van der Waals surface area contributed by atoms with Crippen LogP contribution in [0.4, 0.5) is 11.4 Å². The number of benzene rings is 2. The van der Waals surface area contributed by atoms with Crippen molar-refractivity contribution in [3.8, 4) is 5.75 Å². The molecule has 7 nitrogen and oxygen atoms in total. The molecule has 0 amide bonds. The van der Waals surface area contributed by atoms with Gasteiger partial charge in [0.2, 0.25) is 0 Å². The normalized spacial score (nSPS) is 10.6. The zero-order valence-electron chi connectivity index (χ0n) is 18.6. The number of carbonyl (C=O) groups is 2. The van der Waals surface area contributed by atoms with Gasteiger partial charge in [0.1, 0.15) is 5.75 Å². The van der Waals surface area contributed by atoms with Gasteiger partial charge >= 0.3 is 11.9 Å². The van der Waals surface area contributed by atoms with Crippen molar-refractivity contribution in [3.05, 3.63) is 53.1 Å². The maximum Gasteiger partial charge on any atom is 0.338 e. The standard InChI is InChI=1S/C23H28N2O5S/c1-13(2)29-21(26)16-10-17(22(27)30-14(3)4)12-18(11-16)24-23(31)25-19-9-15(5)7-8-20(19)28-6/h7-14H,1-6H3,(H2,24,25,31). The first-order chi connectivity index (χ1) is 14.6. The Morgan fingerprint density at radius 2 is 1.42 bits per heavy atom. The number of esters is 2. The van der Waals surface area contributed by atoms with Gasteiger partial charge in [-0.15, -0.1) is 0 Å². The number of anilines is 2. The van der Waals surface area contributed by atoms with E-state index in [2.05, 4.69) is 10.6 Å². The zero-order valence-corrected chi connectivity index (χ0v) is 19.4. The maximum absolute atomic E-state index is 12.4. The van der Waals surface area contributed by atoms with Crippen molar-refractivity contribution < 1.29 is 23.8 Å². The smallest absolute Gasteiger partial charge is 0.338 e. The Morgan fingerprint density at radius 1 is 0.871 bits per heavy atom. The molecule has 0 aromatic heterocycles. The van der Waals surface area contributed by atoms with Gasteiger partial charge in [-0.2, -0.15) is 0 Å². The SMILES string of the molecule is COc1ccc(C)cc1NC(=S)Nc1cc(C(=O)OC(C)C)cc(C(=O)OC(C)C)c1. The summed E-state index contributed by atoms with van der Waals surface area (Å²) in [4.78, 5) is 24.9. The molecule has 2 aromatic rings. The van der Waals surface area contributed by atoms with Crippen LogP contribution in [0.3, 0.4) is 0 Å². The van der Waals surface area contributed by atoms with Crippen LogP contribution in [0, 0.1) is 6.92 Å². The van der Waals surface area contributed by atoms with E-state index in [9.17, 15) is 9.59 Å². The van der Waals surface area contributed by atoms with Crippen LogP contribution in [-0.4, -0.2) is 36.4 Å². The summed E-state index contributed by atoms with van der Waals surface area (Å²) >= 11 is 5.42. The molecule has 0 aliphatic rings. The van der Waals surface area contributed by atoms with E-state index in [-0.39, 0.29) is 28.4 Å². The van der Waals surface area contributed by atoms with E-state index >= 15 is 0 Å². The number of rotatable bonds is 7. The van der Waals surface area contributed by atoms with Crippen molar-refractivity contribution in [3.63, 3.8) is 0 Å². The van der Waals surface area contributed by atoms with Crippen LogP contribution >= 0.6 is 12.2 Å². The lowest BCUT2D eigenvalue weighted by atomic mass is 10.1. The van der Waals surface area contributed by atoms with Crippen LogP contribution < -0.4 is 15.4 Å². The minimum Gasteiger partial charge on any atom is -0.495 e. The molecule has 2 N–H and O–H groups in total. The molecule has 0 bridgehead atoms. The molecule has 0 unspecified atom stereocenters. The highest BCUT2D eigenvalue weighted by Gasteiger charge is 2.17. The monoisotopic (exact) mass is 444 g/mol. The summed E-state index contributed by atoms with van der Waals surface area (Å²) in [5.74, 6) is -0.460. The fourth-order valence-electron chi connectivity index (χ4n) is 2.70. The van der Waals surface area contributed by atoms with Crippen molar-refractivity contribution in [2.75, 3.05) is 17.7 Å². The summed E-state index contributed by atoms with van der Waals surface area (Å²) in [6, 6.07) is 10.2. The number of thiocarbonyl (C=S) groups is 1. The van der Waals surface area contributed by atoms with Crippen molar-refractivity contribution in [2.45, 2.75) is 46.8 Å². The fourth-order valence-corrected chi connectivity index (χ4v) is 2.93. The molecular formula is C23H28N2O5S. The number of ether oxygens (including phenoxy) is 3. The molecule has 166 valence electrons. The van der Waals surface area contributed by atoms with Crippen LogP contribution in [-0.2, 0) is 9.47 Å². The molecule has 2 aromatic carbocycles. The Hall–Kier alpha value is -3.13. The van der Waals surface area contributed by atoms with Crippen molar-refractivity contribution in [1.82, 2.24) is 0 Å². The Kier molecular flexibility index (Phi) is 8.38. The Labute approximate surface area is 188 Å². The number of nitrogens with one attached hydrogen (secondary N) is 2. The van der Waals surface area contributed by atoms with Gasteiger partial charge in [-0.3, -0.25) is 0 Å². The third kappa shape index (κ3) is 7.25. The van der Waals surface area contributed by atoms with E-state index in [1.54, 1.807) is 46.9 Å². The van der Waals surface area contributed by atoms with Gasteiger partial charge in [0.05, 0.1) is 36.1 Å². The summed E-state index contributed by atoms with van der Waals surface area (Å²) in [5, 5.41) is 6.35. The van der Waals surface area contributed by atoms with Gasteiger partial charge in [0, 0.05) is 5.69 Å². The van der Waals surface area contributed by atoms with Crippen molar-refractivity contribution in [1.29, 1.82) is 0 Å². The average molecular weight is 445 g/mol. The van der Waals surface area contributed by atoms with E-state index in [1.165, 1.54) is 6.07 Å². The quantitative estimate of drug-likeness (QED) is 0.459. The molecule has 0 saturated heterocycles. The molecule has 0 fully saturated rings. The highest BCUT2D eigenvalue weighted by atomic mass is 32.1. The lowest BCUT2D eigenvalue weighted by Crippen LogP contribution is -2.21. The van der Waals surface area contributed by atoms with Crippen LogP contribution in [0.15, 0.2) is 36.4 Å². The van der Waals surface area contributed by atoms with Gasteiger partial charge in [-0.25, -0.2) is 9.59 Å². The van der Waals surface area contributed by atoms with E-state index in [0.717, 1.165) is 5.56 Å². The maximum atomic E-state index is 12.4. The number of methoxy groups -OCH3 is 1. The fraction of sp³-hybridized carbons (Fsp3) is 0.348. The number of carbonyl (C=O) groups excluding carboxylic acids is 2. The van der Waals surface area contributed by atoms with Crippen LogP contribution in [0.5, 0.6) is 5.75 Å². The van der Waals surface area contributed by atoms with Gasteiger partial charge < -0.3 is 24.8 Å². The highest BCUT2D eigenvalue weighted by Crippen LogP contribution is 2.26. The Balaban J connectivity index is 2.31. The highest BCUT2D eigenvalue weighted by molar-refractivity contribution is 7.80. The summed E-state index contributed by atoms with van der Waals surface area (Å²) in [5.41, 5.74) is 2.59. The van der Waals surface area contributed by atoms with Crippen molar-refractivity contribution in [2.24, 2.45) is 0 Å². The Morgan fingerprint density at radius 3 is 1.90 bits per heavy atom. The van der Waals surface area contributed by atoms with E-state index < -0.39 is 11.9 Å². The molecule has 0 heterocycles. The third-order valence-electron chi connectivity index (χ3n) is 3.95. The first kappa shape index (κ1) is 24.1. The minimum atomic E-state index is -0.545. The summed E-state index contributed by atoms with van der Waals surface area (Å²) in [6.07, 6.45) is -0.599. The largest absolute Gasteiger partial charge is 0.495 e. The molecule has 8 heteroatoms. The lowest BCUT2D eigenvalue weighted by molar-refractivity contribution is 0.0377. The second-order valence-corrected chi connectivity index (χ2v) is 7.90. The van der Waals surface area contributed by atoms with E-state index in [0.29, 0.717) is 17.1 Å². The third-order valence-corrected chi connectivity index (χ3v) is 4.16. The second kappa shape index (κ2) is 10.8. The van der Waals surface area contributed by atoms with E-state index in [1.807, 2.05) is 25.1 Å². The number of hydrogen-bond donors (Lipinski definition) is 2. The first-order valence-electron chi connectivity index (χ1n) is 9.88. The second-order valence-electron chi connectivity index (χ2n) is 7.49. The molecule has 31 heavy (non-hydrogen) atoms. The first-order valence-corrected chi connectivity index (χ1v) is 10.3. The predicted molar refractivity (Wildman–Crippen MR) is 125 cm³/mol. The van der Waals surface area contributed by atoms with Crippen molar-refractivity contribution >= 4 is 40.6 Å². The lowest BCUT2D eigenvalue weighted by Gasteiger charge is -2.16. The molecule has 2 rings (SSSR count). The Bertz CT molecular complexity index is 932. The summed E-state index contributed by atoms with van der Waals surface area (Å²) in [7, 11) is 1.57. The van der Waals surface area contributed by atoms with Gasteiger partial charge in [-0.05, 0) is 82.7 Å². The number of aryl methyl sites for hydroxylation is 1. The molecule has 0 radical (unpaired) electrons. The predicted octanol–water partition coefficient (Wildman–Crippen LogP) is 4.94. The van der Waals surface area contributed by atoms with Crippen LogP contribution in [0.2, 0.25) is 0 Å².